The Hall–Kier alpha value is -2.21. The maximum Gasteiger partial charge on any atom is 0.268 e. The van der Waals surface area contributed by atoms with Crippen molar-refractivity contribution >= 4 is 5.91 Å². The summed E-state index contributed by atoms with van der Waals surface area (Å²) in [5.41, 5.74) is 1.58. The molecule has 120 valence electrons. The first-order valence-corrected chi connectivity index (χ1v) is 7.97. The standard InChI is InChI=1S/C17H19FN4O/c1-22-14(11-3-2-8-19-16(11)18)6-7-15(22)17(23)21-13-9-10-4-5-12(13)20-10/h2-3,6-8,10,12-13,20H,4-5,9H2,1H3,(H,21,23)/t10-,12+,13-/m1/s1. The molecule has 0 radical (unpaired) electrons. The lowest BCUT2D eigenvalue weighted by Gasteiger charge is -2.21. The van der Waals surface area contributed by atoms with Gasteiger partial charge in [-0.05, 0) is 43.5 Å². The van der Waals surface area contributed by atoms with Gasteiger partial charge in [-0.15, -0.1) is 0 Å². The van der Waals surface area contributed by atoms with Crippen molar-refractivity contribution < 1.29 is 9.18 Å². The van der Waals surface area contributed by atoms with Gasteiger partial charge in [-0.1, -0.05) is 0 Å². The largest absolute Gasteiger partial charge is 0.346 e. The van der Waals surface area contributed by atoms with Gasteiger partial charge in [-0.3, -0.25) is 4.79 Å². The molecule has 6 heteroatoms. The second-order valence-electron chi connectivity index (χ2n) is 6.37. The highest BCUT2D eigenvalue weighted by molar-refractivity contribution is 5.94. The van der Waals surface area contributed by atoms with Crippen LogP contribution in [0.5, 0.6) is 0 Å². The van der Waals surface area contributed by atoms with Crippen LogP contribution in [-0.4, -0.2) is 33.6 Å². The van der Waals surface area contributed by atoms with Crippen molar-refractivity contribution in [2.45, 2.75) is 37.4 Å². The number of pyridine rings is 1. The first kappa shape index (κ1) is 14.4. The Balaban J connectivity index is 1.56. The Morgan fingerprint density at radius 3 is 2.96 bits per heavy atom. The molecule has 2 aliphatic heterocycles. The number of fused-ring (bicyclic) bond motifs is 2. The first-order valence-electron chi connectivity index (χ1n) is 7.97. The van der Waals surface area contributed by atoms with E-state index < -0.39 is 5.95 Å². The molecule has 2 aromatic heterocycles. The number of rotatable bonds is 3. The van der Waals surface area contributed by atoms with Gasteiger partial charge in [0.05, 0.1) is 11.3 Å². The van der Waals surface area contributed by atoms with Crippen molar-refractivity contribution in [3.05, 3.63) is 42.1 Å². The first-order chi connectivity index (χ1) is 11.1. The smallest absolute Gasteiger partial charge is 0.268 e. The highest BCUT2D eigenvalue weighted by Crippen LogP contribution is 2.29. The molecule has 2 aliphatic rings. The van der Waals surface area contributed by atoms with E-state index in [1.54, 1.807) is 35.9 Å². The van der Waals surface area contributed by atoms with Crippen molar-refractivity contribution in [3.63, 3.8) is 0 Å². The normalized spacial score (nSPS) is 25.7. The van der Waals surface area contributed by atoms with Crippen LogP contribution >= 0.6 is 0 Å². The average molecular weight is 314 g/mol. The molecule has 0 aromatic carbocycles. The van der Waals surface area contributed by atoms with E-state index in [1.807, 2.05) is 0 Å². The van der Waals surface area contributed by atoms with Gasteiger partial charge in [-0.2, -0.15) is 4.39 Å². The molecule has 2 fully saturated rings. The van der Waals surface area contributed by atoms with Gasteiger partial charge in [0.1, 0.15) is 5.69 Å². The summed E-state index contributed by atoms with van der Waals surface area (Å²) in [4.78, 5) is 16.2. The summed E-state index contributed by atoms with van der Waals surface area (Å²) in [7, 11) is 1.77. The van der Waals surface area contributed by atoms with Crippen molar-refractivity contribution in [1.82, 2.24) is 20.2 Å². The Kier molecular flexibility index (Phi) is 3.41. The third-order valence-electron chi connectivity index (χ3n) is 5.01. The van der Waals surface area contributed by atoms with Gasteiger partial charge < -0.3 is 15.2 Å². The Bertz CT molecular complexity index is 757. The number of hydrogen-bond acceptors (Lipinski definition) is 3. The molecule has 4 rings (SSSR count). The molecule has 2 bridgehead atoms. The van der Waals surface area contributed by atoms with E-state index in [9.17, 15) is 9.18 Å². The monoisotopic (exact) mass is 314 g/mol. The Morgan fingerprint density at radius 1 is 1.39 bits per heavy atom. The van der Waals surface area contributed by atoms with Crippen LogP contribution in [0.25, 0.3) is 11.3 Å². The quantitative estimate of drug-likeness (QED) is 0.850. The zero-order valence-corrected chi connectivity index (χ0v) is 12.9. The SMILES string of the molecule is Cn1c(C(=O)N[C@@H]2C[C@H]3CC[C@@H]2N3)ccc1-c1cccnc1F. The molecule has 2 saturated heterocycles. The molecule has 2 N–H and O–H groups in total. The summed E-state index contributed by atoms with van der Waals surface area (Å²) in [6.07, 6.45) is 4.73. The van der Waals surface area contributed by atoms with E-state index in [4.69, 9.17) is 0 Å². The van der Waals surface area contributed by atoms with E-state index in [0.29, 0.717) is 29.0 Å². The maximum absolute atomic E-state index is 13.9. The number of nitrogens with zero attached hydrogens (tertiary/aromatic N) is 2. The molecular weight excluding hydrogens is 295 g/mol. The predicted octanol–water partition coefficient (Wildman–Crippen LogP) is 1.85. The minimum Gasteiger partial charge on any atom is -0.346 e. The number of aromatic nitrogens is 2. The lowest BCUT2D eigenvalue weighted by Crippen LogP contribution is -2.43. The Labute approximate surface area is 133 Å². The number of carbonyl (C=O) groups is 1. The predicted molar refractivity (Wildman–Crippen MR) is 84.4 cm³/mol. The summed E-state index contributed by atoms with van der Waals surface area (Å²) in [5.74, 6) is -0.639. The molecule has 0 aliphatic carbocycles. The lowest BCUT2D eigenvalue weighted by atomic mass is 9.95. The second kappa shape index (κ2) is 5.45. The van der Waals surface area contributed by atoms with Crippen LogP contribution in [0.1, 0.15) is 29.8 Å². The summed E-state index contributed by atoms with van der Waals surface area (Å²) < 4.78 is 15.6. The van der Waals surface area contributed by atoms with Gasteiger partial charge in [0.25, 0.3) is 5.91 Å². The van der Waals surface area contributed by atoms with Gasteiger partial charge in [-0.25, -0.2) is 4.98 Å². The van der Waals surface area contributed by atoms with E-state index >= 15 is 0 Å². The van der Waals surface area contributed by atoms with Crippen LogP contribution in [-0.2, 0) is 7.05 Å². The van der Waals surface area contributed by atoms with Crippen LogP contribution in [0, 0.1) is 5.95 Å². The topological polar surface area (TPSA) is 59.0 Å². The number of amides is 1. The van der Waals surface area contributed by atoms with E-state index in [1.165, 1.54) is 12.6 Å². The van der Waals surface area contributed by atoms with E-state index in [-0.39, 0.29) is 11.9 Å². The van der Waals surface area contributed by atoms with E-state index in [0.717, 1.165) is 12.8 Å². The van der Waals surface area contributed by atoms with Crippen LogP contribution in [0.15, 0.2) is 30.5 Å². The fourth-order valence-corrected chi connectivity index (χ4v) is 3.81. The third-order valence-corrected chi connectivity index (χ3v) is 5.01. The zero-order valence-electron chi connectivity index (χ0n) is 12.9. The maximum atomic E-state index is 13.9. The Morgan fingerprint density at radius 2 is 2.26 bits per heavy atom. The van der Waals surface area contributed by atoms with Crippen molar-refractivity contribution in [2.24, 2.45) is 7.05 Å². The second-order valence-corrected chi connectivity index (χ2v) is 6.37. The number of halogens is 1. The van der Waals surface area contributed by atoms with Crippen molar-refractivity contribution in [3.8, 4) is 11.3 Å². The molecular formula is C17H19FN4O. The summed E-state index contributed by atoms with van der Waals surface area (Å²) in [5, 5.41) is 6.62. The minimum absolute atomic E-state index is 0.109. The average Bonchev–Trinajstić information content (AvgIpc) is 3.23. The van der Waals surface area contributed by atoms with Crippen LogP contribution in [0.4, 0.5) is 4.39 Å². The highest BCUT2D eigenvalue weighted by atomic mass is 19.1. The van der Waals surface area contributed by atoms with Crippen molar-refractivity contribution in [1.29, 1.82) is 0 Å². The van der Waals surface area contributed by atoms with Crippen LogP contribution in [0.3, 0.4) is 0 Å². The molecule has 5 nitrogen and oxygen atoms in total. The van der Waals surface area contributed by atoms with Gasteiger partial charge in [0, 0.05) is 31.4 Å². The molecule has 3 atom stereocenters. The summed E-state index contributed by atoms with van der Waals surface area (Å²) in [6, 6.07) is 7.96. The van der Waals surface area contributed by atoms with Crippen LogP contribution < -0.4 is 10.6 Å². The number of carbonyl (C=O) groups excluding carboxylic acids is 1. The zero-order chi connectivity index (χ0) is 16.0. The van der Waals surface area contributed by atoms with Gasteiger partial charge >= 0.3 is 0 Å². The molecule has 23 heavy (non-hydrogen) atoms. The fraction of sp³-hybridized carbons (Fsp3) is 0.412. The molecule has 2 aromatic rings. The summed E-state index contributed by atoms with van der Waals surface area (Å²) >= 11 is 0. The lowest BCUT2D eigenvalue weighted by molar-refractivity contribution is 0.0923. The minimum atomic E-state index is -0.530. The van der Waals surface area contributed by atoms with Gasteiger partial charge in [0.2, 0.25) is 5.95 Å². The molecule has 4 heterocycles. The number of hydrogen-bond donors (Lipinski definition) is 2. The number of nitrogens with one attached hydrogen (secondary N) is 2. The molecule has 0 spiro atoms. The summed E-state index contributed by atoms with van der Waals surface area (Å²) in [6.45, 7) is 0. The van der Waals surface area contributed by atoms with Gasteiger partial charge in [0.15, 0.2) is 0 Å². The molecule has 0 unspecified atom stereocenters. The fourth-order valence-electron chi connectivity index (χ4n) is 3.81. The van der Waals surface area contributed by atoms with Crippen molar-refractivity contribution in [2.75, 3.05) is 0 Å². The molecule has 1 amide bonds. The van der Waals surface area contributed by atoms with E-state index in [2.05, 4.69) is 15.6 Å². The third kappa shape index (κ3) is 2.43. The highest BCUT2D eigenvalue weighted by Gasteiger charge is 2.39. The van der Waals surface area contributed by atoms with Crippen LogP contribution in [0.2, 0.25) is 0 Å². The molecule has 0 saturated carbocycles.